The summed E-state index contributed by atoms with van der Waals surface area (Å²) >= 11 is 0. The van der Waals surface area contributed by atoms with E-state index in [0.29, 0.717) is 23.8 Å². The normalized spacial score (nSPS) is 25.2. The van der Waals surface area contributed by atoms with E-state index in [1.165, 1.54) is 10.7 Å². The van der Waals surface area contributed by atoms with Crippen LogP contribution < -0.4 is 4.90 Å². The molecule has 2 aliphatic rings. The smallest absolute Gasteiger partial charge is 0.368 e. The van der Waals surface area contributed by atoms with Crippen LogP contribution in [-0.2, 0) is 4.74 Å². The highest BCUT2D eigenvalue weighted by Crippen LogP contribution is 2.25. The zero-order valence-corrected chi connectivity index (χ0v) is 15.8. The van der Waals surface area contributed by atoms with E-state index in [4.69, 9.17) is 4.74 Å². The molecule has 0 saturated carbocycles. The van der Waals surface area contributed by atoms with Crippen LogP contribution >= 0.6 is 0 Å². The van der Waals surface area contributed by atoms with Crippen molar-refractivity contribution in [3.05, 3.63) is 28.4 Å². The molecule has 2 saturated heterocycles. The van der Waals surface area contributed by atoms with Crippen LogP contribution in [0.4, 0.5) is 11.6 Å². The summed E-state index contributed by atoms with van der Waals surface area (Å²) in [5.74, 6) is 1.35. The van der Waals surface area contributed by atoms with Crippen molar-refractivity contribution in [1.82, 2.24) is 19.5 Å². The maximum atomic E-state index is 11.1. The molecule has 2 aromatic heterocycles. The van der Waals surface area contributed by atoms with Crippen molar-refractivity contribution in [3.63, 3.8) is 0 Å². The lowest BCUT2D eigenvalue weighted by molar-refractivity contribution is -0.391. The molecule has 0 aromatic carbocycles. The molecule has 2 atom stereocenters. The Morgan fingerprint density at radius 1 is 1.22 bits per heavy atom. The van der Waals surface area contributed by atoms with Crippen molar-refractivity contribution >= 4 is 17.3 Å². The van der Waals surface area contributed by atoms with Crippen LogP contribution in [0.3, 0.4) is 0 Å². The molecule has 2 unspecified atom stereocenters. The molecule has 2 fully saturated rings. The number of nitro groups is 1. The number of imidazole rings is 1. The van der Waals surface area contributed by atoms with E-state index in [-0.39, 0.29) is 5.82 Å². The van der Waals surface area contributed by atoms with Crippen molar-refractivity contribution in [2.24, 2.45) is 5.92 Å². The minimum absolute atomic E-state index is 0.0997. The molecule has 9 nitrogen and oxygen atoms in total. The topological polar surface area (TPSA) is 89.0 Å². The summed E-state index contributed by atoms with van der Waals surface area (Å²) in [6, 6.07) is 3.69. The number of aromatic nitrogens is 3. The molecule has 0 bridgehead atoms. The lowest BCUT2D eigenvalue weighted by Gasteiger charge is -2.39. The van der Waals surface area contributed by atoms with Gasteiger partial charge in [0.1, 0.15) is 6.20 Å². The van der Waals surface area contributed by atoms with Crippen LogP contribution in [0.2, 0.25) is 0 Å². The molecule has 2 aromatic rings. The second-order valence-electron chi connectivity index (χ2n) is 7.74. The second kappa shape index (κ2) is 7.40. The van der Waals surface area contributed by atoms with Gasteiger partial charge in [0.2, 0.25) is 5.65 Å². The van der Waals surface area contributed by atoms with Crippen molar-refractivity contribution in [1.29, 1.82) is 0 Å². The molecule has 0 amide bonds. The Balaban J connectivity index is 1.38. The minimum Gasteiger partial charge on any atom is -0.373 e. The molecule has 146 valence electrons. The third-order valence-corrected chi connectivity index (χ3v) is 5.47. The van der Waals surface area contributed by atoms with Gasteiger partial charge < -0.3 is 19.8 Å². The Bertz CT molecular complexity index is 807. The second-order valence-corrected chi connectivity index (χ2v) is 7.74. The molecule has 4 rings (SSSR count). The standard InChI is InChI=1S/C18H26N6O3/c1-13-10-21(11-14(2)27-13)12-15-5-7-22(8-6-15)17-4-3-16-19-9-18(24(25)26)23(16)20-17/h3-4,9,13-15H,5-8,10-12H2,1-2H3. The monoisotopic (exact) mass is 374 g/mol. The fourth-order valence-corrected chi connectivity index (χ4v) is 4.29. The number of piperidine rings is 1. The summed E-state index contributed by atoms with van der Waals surface area (Å²) in [7, 11) is 0. The van der Waals surface area contributed by atoms with Gasteiger partial charge in [0.15, 0.2) is 5.82 Å². The van der Waals surface area contributed by atoms with Gasteiger partial charge >= 0.3 is 5.82 Å². The quantitative estimate of drug-likeness (QED) is 0.597. The van der Waals surface area contributed by atoms with Crippen LogP contribution in [0.15, 0.2) is 18.3 Å². The molecular weight excluding hydrogens is 348 g/mol. The number of morpholine rings is 1. The number of ether oxygens (including phenoxy) is 1. The Morgan fingerprint density at radius 3 is 2.59 bits per heavy atom. The fraction of sp³-hybridized carbons (Fsp3) is 0.667. The zero-order valence-electron chi connectivity index (χ0n) is 15.8. The first-order chi connectivity index (χ1) is 13.0. The minimum atomic E-state index is -0.451. The Hall–Kier alpha value is -2.26. The van der Waals surface area contributed by atoms with Crippen LogP contribution in [0.1, 0.15) is 26.7 Å². The molecular formula is C18H26N6O3. The molecule has 2 aliphatic heterocycles. The molecule has 0 spiro atoms. The highest BCUT2D eigenvalue weighted by atomic mass is 16.6. The van der Waals surface area contributed by atoms with E-state index in [1.807, 2.05) is 6.07 Å². The van der Waals surface area contributed by atoms with E-state index >= 15 is 0 Å². The number of hydrogen-bond acceptors (Lipinski definition) is 7. The van der Waals surface area contributed by atoms with E-state index in [9.17, 15) is 10.1 Å². The first kappa shape index (κ1) is 18.1. The number of nitrogens with zero attached hydrogens (tertiary/aromatic N) is 6. The van der Waals surface area contributed by atoms with Crippen molar-refractivity contribution < 1.29 is 9.66 Å². The average molecular weight is 374 g/mol. The van der Waals surface area contributed by atoms with Crippen LogP contribution in [0, 0.1) is 16.0 Å². The summed E-state index contributed by atoms with van der Waals surface area (Å²) in [5, 5.41) is 15.6. The predicted molar refractivity (Wildman–Crippen MR) is 101 cm³/mol. The maximum Gasteiger partial charge on any atom is 0.368 e. The van der Waals surface area contributed by atoms with Gasteiger partial charge in [0.05, 0.1) is 12.2 Å². The van der Waals surface area contributed by atoms with Crippen LogP contribution in [0.25, 0.3) is 5.65 Å². The molecule has 0 N–H and O–H groups in total. The Kier molecular flexibility index (Phi) is 4.96. The summed E-state index contributed by atoms with van der Waals surface area (Å²) in [5.41, 5.74) is 0.496. The average Bonchev–Trinajstić information content (AvgIpc) is 3.05. The van der Waals surface area contributed by atoms with Gasteiger partial charge in [0, 0.05) is 38.8 Å². The van der Waals surface area contributed by atoms with Crippen molar-refractivity contribution in [2.45, 2.75) is 38.9 Å². The summed E-state index contributed by atoms with van der Waals surface area (Å²) in [6.45, 7) is 9.25. The third-order valence-electron chi connectivity index (χ3n) is 5.47. The highest BCUT2D eigenvalue weighted by molar-refractivity contribution is 5.49. The molecule has 9 heteroatoms. The van der Waals surface area contributed by atoms with Gasteiger partial charge in [-0.15, -0.1) is 0 Å². The summed E-state index contributed by atoms with van der Waals surface area (Å²) in [4.78, 5) is 19.4. The fourth-order valence-electron chi connectivity index (χ4n) is 4.29. The predicted octanol–water partition coefficient (Wildman–Crippen LogP) is 1.96. The van der Waals surface area contributed by atoms with E-state index in [2.05, 4.69) is 33.7 Å². The van der Waals surface area contributed by atoms with Gasteiger partial charge in [-0.1, -0.05) is 9.61 Å². The number of rotatable bonds is 4. The number of anilines is 1. The SMILES string of the molecule is CC1CN(CC2CCN(c3ccc4ncc([N+](=O)[O-])n4n3)CC2)CC(C)O1. The zero-order chi connectivity index (χ0) is 19.0. The van der Waals surface area contributed by atoms with Gasteiger partial charge in [0.25, 0.3) is 0 Å². The molecule has 0 aliphatic carbocycles. The van der Waals surface area contributed by atoms with E-state index in [0.717, 1.165) is 51.4 Å². The first-order valence-corrected chi connectivity index (χ1v) is 9.61. The van der Waals surface area contributed by atoms with Crippen molar-refractivity contribution in [3.8, 4) is 0 Å². The summed E-state index contributed by atoms with van der Waals surface area (Å²) < 4.78 is 7.14. The third kappa shape index (κ3) is 3.89. The van der Waals surface area contributed by atoms with Gasteiger partial charge in [-0.05, 0) is 43.6 Å². The Labute approximate surface area is 158 Å². The van der Waals surface area contributed by atoms with Gasteiger partial charge in [-0.2, -0.15) is 0 Å². The lowest BCUT2D eigenvalue weighted by atomic mass is 9.95. The van der Waals surface area contributed by atoms with Gasteiger partial charge in [-0.25, -0.2) is 4.98 Å². The number of fused-ring (bicyclic) bond motifs is 1. The first-order valence-electron chi connectivity index (χ1n) is 9.61. The van der Waals surface area contributed by atoms with Crippen molar-refractivity contribution in [2.75, 3.05) is 37.6 Å². The lowest BCUT2D eigenvalue weighted by Crippen LogP contribution is -2.48. The maximum absolute atomic E-state index is 11.1. The van der Waals surface area contributed by atoms with Gasteiger partial charge in [-0.3, -0.25) is 4.90 Å². The Morgan fingerprint density at radius 2 is 1.93 bits per heavy atom. The largest absolute Gasteiger partial charge is 0.373 e. The van der Waals surface area contributed by atoms with Crippen LogP contribution in [-0.4, -0.2) is 69.4 Å². The van der Waals surface area contributed by atoms with E-state index in [1.54, 1.807) is 6.07 Å². The summed E-state index contributed by atoms with van der Waals surface area (Å²) in [6.07, 6.45) is 4.06. The van der Waals surface area contributed by atoms with E-state index < -0.39 is 4.92 Å². The molecule has 27 heavy (non-hydrogen) atoms. The highest BCUT2D eigenvalue weighted by Gasteiger charge is 2.27. The number of hydrogen-bond donors (Lipinski definition) is 0. The molecule has 0 radical (unpaired) electrons. The molecule has 4 heterocycles. The van der Waals surface area contributed by atoms with Crippen LogP contribution in [0.5, 0.6) is 0 Å².